The maximum absolute atomic E-state index is 12.2. The van der Waals surface area contributed by atoms with Crippen LogP contribution in [0, 0.1) is 11.3 Å². The van der Waals surface area contributed by atoms with Crippen molar-refractivity contribution < 1.29 is 9.53 Å². The third-order valence-corrected chi connectivity index (χ3v) is 4.78. The van der Waals surface area contributed by atoms with E-state index < -0.39 is 0 Å². The van der Waals surface area contributed by atoms with Crippen LogP contribution in [-0.2, 0) is 9.53 Å². The fourth-order valence-corrected chi connectivity index (χ4v) is 2.85. The van der Waals surface area contributed by atoms with Crippen molar-refractivity contribution in [3.05, 3.63) is 0 Å². The highest BCUT2D eigenvalue weighted by molar-refractivity contribution is 5.83. The second-order valence-electron chi connectivity index (χ2n) is 6.32. The van der Waals surface area contributed by atoms with Crippen molar-refractivity contribution in [2.24, 2.45) is 11.3 Å². The van der Waals surface area contributed by atoms with E-state index in [1.54, 1.807) is 0 Å². The Hall–Kier alpha value is -0.410. The predicted octanol–water partition coefficient (Wildman–Crippen LogP) is 3.13. The van der Waals surface area contributed by atoms with Crippen molar-refractivity contribution in [2.75, 3.05) is 26.3 Å². The molecule has 1 atom stereocenters. The summed E-state index contributed by atoms with van der Waals surface area (Å²) in [6.45, 7) is 14.6. The lowest BCUT2D eigenvalue weighted by Crippen LogP contribution is -2.44. The van der Waals surface area contributed by atoms with Crippen molar-refractivity contribution >= 4 is 5.78 Å². The number of ether oxygens (including phenoxy) is 1. The van der Waals surface area contributed by atoms with Gasteiger partial charge >= 0.3 is 0 Å². The summed E-state index contributed by atoms with van der Waals surface area (Å²) in [4.78, 5) is 14.5. The fourth-order valence-electron chi connectivity index (χ4n) is 2.85. The molecule has 0 radical (unpaired) electrons. The zero-order valence-electron chi connectivity index (χ0n) is 13.4. The van der Waals surface area contributed by atoms with Crippen LogP contribution in [0.5, 0.6) is 0 Å². The maximum Gasteiger partial charge on any atom is 0.149 e. The lowest BCUT2D eigenvalue weighted by atomic mass is 9.73. The van der Waals surface area contributed by atoms with Crippen molar-refractivity contribution in [3.63, 3.8) is 0 Å². The summed E-state index contributed by atoms with van der Waals surface area (Å²) in [5.41, 5.74) is 0.289. The number of nitrogens with zero attached hydrogens (tertiary/aromatic N) is 1. The molecule has 0 aromatic rings. The van der Waals surface area contributed by atoms with Gasteiger partial charge in [0.15, 0.2) is 0 Å². The molecule has 1 rings (SSSR count). The summed E-state index contributed by atoms with van der Waals surface area (Å²) < 4.78 is 5.31. The molecule has 3 nitrogen and oxygen atoms in total. The average Bonchev–Trinajstić information content (AvgIpc) is 2.30. The Morgan fingerprint density at radius 1 is 1.26 bits per heavy atom. The third-order valence-electron chi connectivity index (χ3n) is 4.78. The van der Waals surface area contributed by atoms with Crippen molar-refractivity contribution in [1.29, 1.82) is 0 Å². The topological polar surface area (TPSA) is 29.5 Å². The first-order valence-electron chi connectivity index (χ1n) is 7.80. The molecule has 1 saturated heterocycles. The molecule has 19 heavy (non-hydrogen) atoms. The number of Topliss-reactive ketones (excluding diaryl/α,β-unsaturated/α-hetero) is 1. The van der Waals surface area contributed by atoms with E-state index in [-0.39, 0.29) is 11.5 Å². The molecule has 0 spiro atoms. The largest absolute Gasteiger partial charge is 0.381 e. The molecule has 0 aromatic heterocycles. The van der Waals surface area contributed by atoms with Crippen LogP contribution in [0.25, 0.3) is 0 Å². The summed E-state index contributed by atoms with van der Waals surface area (Å²) in [6, 6.07) is 0.111. The van der Waals surface area contributed by atoms with Gasteiger partial charge in [0, 0.05) is 12.3 Å². The number of hydrogen-bond donors (Lipinski definition) is 0. The summed E-state index contributed by atoms with van der Waals surface area (Å²) in [5.74, 6) is 1.06. The zero-order valence-corrected chi connectivity index (χ0v) is 13.4. The van der Waals surface area contributed by atoms with Gasteiger partial charge in [-0.05, 0) is 31.3 Å². The molecule has 1 heterocycles. The van der Waals surface area contributed by atoms with Crippen LogP contribution in [0.2, 0.25) is 0 Å². The van der Waals surface area contributed by atoms with Crippen LogP contribution in [0.1, 0.15) is 53.9 Å². The van der Waals surface area contributed by atoms with Crippen LogP contribution in [0.15, 0.2) is 0 Å². The third kappa shape index (κ3) is 4.28. The van der Waals surface area contributed by atoms with Crippen LogP contribution in [-0.4, -0.2) is 43.0 Å². The van der Waals surface area contributed by atoms with Gasteiger partial charge in [0.05, 0.1) is 19.3 Å². The average molecular weight is 269 g/mol. The first-order valence-corrected chi connectivity index (χ1v) is 7.80. The van der Waals surface area contributed by atoms with Gasteiger partial charge in [-0.1, -0.05) is 34.6 Å². The summed E-state index contributed by atoms with van der Waals surface area (Å²) in [7, 11) is 0. The first kappa shape index (κ1) is 16.6. The Morgan fingerprint density at radius 3 is 2.21 bits per heavy atom. The molecule has 1 aliphatic rings. The number of rotatable bonds is 9. The van der Waals surface area contributed by atoms with Gasteiger partial charge in [-0.25, -0.2) is 0 Å². The van der Waals surface area contributed by atoms with E-state index in [9.17, 15) is 4.79 Å². The molecule has 0 amide bonds. The van der Waals surface area contributed by atoms with Gasteiger partial charge in [-0.3, -0.25) is 9.69 Å². The van der Waals surface area contributed by atoms with Crippen molar-refractivity contribution in [3.8, 4) is 0 Å². The molecule has 1 fully saturated rings. The van der Waals surface area contributed by atoms with Gasteiger partial charge in [0.25, 0.3) is 0 Å². The highest BCUT2D eigenvalue weighted by Crippen LogP contribution is 2.37. The highest BCUT2D eigenvalue weighted by Gasteiger charge is 2.36. The molecule has 0 N–H and O–H groups in total. The quantitative estimate of drug-likeness (QED) is 0.644. The summed E-state index contributed by atoms with van der Waals surface area (Å²) >= 11 is 0. The molecule has 1 aliphatic heterocycles. The van der Waals surface area contributed by atoms with E-state index in [2.05, 4.69) is 32.6 Å². The fraction of sp³-hybridized carbons (Fsp3) is 0.938. The minimum Gasteiger partial charge on any atom is -0.381 e. The van der Waals surface area contributed by atoms with Gasteiger partial charge in [-0.2, -0.15) is 0 Å². The minimum absolute atomic E-state index is 0.111. The number of likely N-dealkylation sites (N-methyl/N-ethyl adjacent to an activating group) is 1. The van der Waals surface area contributed by atoms with Gasteiger partial charge in [0.1, 0.15) is 5.78 Å². The normalized spacial score (nSPS) is 18.4. The molecule has 0 unspecified atom stereocenters. The van der Waals surface area contributed by atoms with E-state index in [1.165, 1.54) is 0 Å². The number of carbonyl (C=O) groups excluding carboxylic acids is 1. The predicted molar refractivity (Wildman–Crippen MR) is 79.3 cm³/mol. The Morgan fingerprint density at radius 2 is 1.84 bits per heavy atom. The molecule has 0 aliphatic carbocycles. The minimum atomic E-state index is 0.111. The highest BCUT2D eigenvalue weighted by atomic mass is 16.5. The number of hydrogen-bond acceptors (Lipinski definition) is 3. The first-order chi connectivity index (χ1) is 8.96. The molecule has 0 bridgehead atoms. The SMILES string of the molecule is CCC(=O)[C@H](CCC(C)(C)C1COC1)N(CC)CC. The van der Waals surface area contributed by atoms with E-state index in [1.807, 2.05) is 6.92 Å². The van der Waals surface area contributed by atoms with Gasteiger partial charge < -0.3 is 4.74 Å². The number of carbonyl (C=O) groups is 1. The smallest absolute Gasteiger partial charge is 0.149 e. The van der Waals surface area contributed by atoms with Crippen LogP contribution < -0.4 is 0 Å². The Labute approximate surface area is 118 Å². The summed E-state index contributed by atoms with van der Waals surface area (Å²) in [6.07, 6.45) is 2.74. The Balaban J connectivity index is 2.59. The lowest BCUT2D eigenvalue weighted by molar-refractivity contribution is -0.125. The van der Waals surface area contributed by atoms with E-state index in [0.29, 0.717) is 18.1 Å². The van der Waals surface area contributed by atoms with Crippen LogP contribution in [0.4, 0.5) is 0 Å². The Bertz CT molecular complexity index is 280. The van der Waals surface area contributed by atoms with Gasteiger partial charge in [-0.15, -0.1) is 0 Å². The second kappa shape index (κ2) is 7.39. The molecular formula is C16H31NO2. The van der Waals surface area contributed by atoms with Gasteiger partial charge in [0.2, 0.25) is 0 Å². The number of ketones is 1. The zero-order chi connectivity index (χ0) is 14.5. The summed E-state index contributed by atoms with van der Waals surface area (Å²) in [5, 5.41) is 0. The maximum atomic E-state index is 12.2. The lowest BCUT2D eigenvalue weighted by Gasteiger charge is -2.41. The molecular weight excluding hydrogens is 238 g/mol. The molecule has 3 heteroatoms. The van der Waals surface area contributed by atoms with Crippen molar-refractivity contribution in [1.82, 2.24) is 4.90 Å². The molecule has 112 valence electrons. The van der Waals surface area contributed by atoms with Crippen molar-refractivity contribution in [2.45, 2.75) is 59.9 Å². The van der Waals surface area contributed by atoms with Crippen LogP contribution in [0.3, 0.4) is 0 Å². The van der Waals surface area contributed by atoms with Crippen LogP contribution >= 0.6 is 0 Å². The monoisotopic (exact) mass is 269 g/mol. The Kier molecular flexibility index (Phi) is 6.48. The second-order valence-corrected chi connectivity index (χ2v) is 6.32. The van der Waals surface area contributed by atoms with E-state index in [4.69, 9.17) is 4.74 Å². The standard InChI is InChI=1S/C16H31NO2/c1-6-15(18)14(17(7-2)8-3)9-10-16(4,5)13-11-19-12-13/h13-14H,6-12H2,1-5H3/t14-/m0/s1. The van der Waals surface area contributed by atoms with E-state index >= 15 is 0 Å². The molecule has 0 saturated carbocycles. The molecule has 0 aromatic carbocycles. The van der Waals surface area contributed by atoms with E-state index in [0.717, 1.165) is 39.1 Å².